The first-order chi connectivity index (χ1) is 7.05. The van der Waals surface area contributed by atoms with Crippen molar-refractivity contribution in [3.05, 3.63) is 0 Å². The standard InChI is InChI=1S/C9H12F3NO3/c1-8(2)4-13(3-5(8)6(14)15)7(16)9(10,11)12/h5H,3-4H2,1-2H3,(H,14,15). The Balaban J connectivity index is 2.85. The Morgan fingerprint density at radius 1 is 1.38 bits per heavy atom. The van der Waals surface area contributed by atoms with Crippen LogP contribution in [0.5, 0.6) is 0 Å². The number of nitrogens with zero attached hydrogens (tertiary/aromatic N) is 1. The van der Waals surface area contributed by atoms with Gasteiger partial charge in [0.1, 0.15) is 0 Å². The van der Waals surface area contributed by atoms with Gasteiger partial charge in [0.25, 0.3) is 0 Å². The summed E-state index contributed by atoms with van der Waals surface area (Å²) in [5.74, 6) is -4.11. The lowest BCUT2D eigenvalue weighted by Gasteiger charge is -2.22. The van der Waals surface area contributed by atoms with Gasteiger partial charge in [0.2, 0.25) is 0 Å². The van der Waals surface area contributed by atoms with Crippen molar-refractivity contribution in [2.24, 2.45) is 11.3 Å². The Morgan fingerprint density at radius 3 is 2.19 bits per heavy atom. The zero-order chi connectivity index (χ0) is 12.7. The molecule has 1 unspecified atom stereocenters. The summed E-state index contributed by atoms with van der Waals surface area (Å²) in [7, 11) is 0. The summed E-state index contributed by atoms with van der Waals surface area (Å²) in [6.45, 7) is 2.49. The van der Waals surface area contributed by atoms with Crippen LogP contribution >= 0.6 is 0 Å². The van der Waals surface area contributed by atoms with E-state index in [1.165, 1.54) is 13.8 Å². The molecule has 7 heteroatoms. The Labute approximate surface area is 90.0 Å². The highest BCUT2D eigenvalue weighted by atomic mass is 19.4. The highest BCUT2D eigenvalue weighted by Gasteiger charge is 2.51. The lowest BCUT2D eigenvalue weighted by Crippen LogP contribution is -2.40. The Hall–Kier alpha value is -1.27. The van der Waals surface area contributed by atoms with Crippen LogP contribution in [-0.4, -0.2) is 41.1 Å². The number of carbonyl (C=O) groups is 2. The molecule has 0 spiro atoms. The first kappa shape index (κ1) is 12.8. The van der Waals surface area contributed by atoms with Crippen molar-refractivity contribution in [2.75, 3.05) is 13.1 Å². The van der Waals surface area contributed by atoms with Crippen LogP contribution in [0.3, 0.4) is 0 Å². The molecule has 0 aromatic rings. The number of carboxylic acid groups (broad SMARTS) is 1. The van der Waals surface area contributed by atoms with Crippen LogP contribution < -0.4 is 0 Å². The number of rotatable bonds is 1. The molecule has 1 aliphatic rings. The Bertz CT molecular complexity index is 324. The smallest absolute Gasteiger partial charge is 0.471 e. The minimum absolute atomic E-state index is 0.192. The van der Waals surface area contributed by atoms with Crippen LogP contribution in [0, 0.1) is 11.3 Å². The van der Waals surface area contributed by atoms with E-state index < -0.39 is 29.4 Å². The average Bonchev–Trinajstić information content (AvgIpc) is 2.38. The molecule has 1 atom stereocenters. The molecule has 1 fully saturated rings. The number of hydrogen-bond donors (Lipinski definition) is 1. The van der Waals surface area contributed by atoms with Gasteiger partial charge in [0.05, 0.1) is 5.92 Å². The summed E-state index contributed by atoms with van der Waals surface area (Å²) in [5, 5.41) is 8.83. The van der Waals surface area contributed by atoms with Crippen LogP contribution in [0.1, 0.15) is 13.8 Å². The first-order valence-corrected chi connectivity index (χ1v) is 4.64. The number of likely N-dealkylation sites (tertiary alicyclic amines) is 1. The first-order valence-electron chi connectivity index (χ1n) is 4.64. The molecule has 1 amide bonds. The van der Waals surface area contributed by atoms with Crippen molar-refractivity contribution in [3.63, 3.8) is 0 Å². The molecule has 92 valence electrons. The molecule has 4 nitrogen and oxygen atoms in total. The summed E-state index contributed by atoms with van der Waals surface area (Å²) in [6.07, 6.45) is -4.94. The van der Waals surface area contributed by atoms with Crippen LogP contribution in [0.2, 0.25) is 0 Å². The fourth-order valence-electron chi connectivity index (χ4n) is 1.88. The highest BCUT2D eigenvalue weighted by Crippen LogP contribution is 2.37. The fraction of sp³-hybridized carbons (Fsp3) is 0.778. The van der Waals surface area contributed by atoms with Gasteiger partial charge in [-0.25, -0.2) is 0 Å². The van der Waals surface area contributed by atoms with Gasteiger partial charge in [0, 0.05) is 13.1 Å². The van der Waals surface area contributed by atoms with Crippen molar-refractivity contribution >= 4 is 11.9 Å². The predicted octanol–water partition coefficient (Wildman–Crippen LogP) is 1.12. The third-order valence-electron chi connectivity index (χ3n) is 2.77. The van der Waals surface area contributed by atoms with Crippen LogP contribution in [0.4, 0.5) is 13.2 Å². The second-order valence-corrected chi connectivity index (χ2v) is 4.56. The number of carboxylic acids is 1. The largest absolute Gasteiger partial charge is 0.481 e. The van der Waals surface area contributed by atoms with Crippen molar-refractivity contribution in [1.82, 2.24) is 4.90 Å². The van der Waals surface area contributed by atoms with Gasteiger partial charge in [-0.05, 0) is 5.41 Å². The lowest BCUT2D eigenvalue weighted by atomic mass is 9.82. The molecule has 0 aromatic carbocycles. The number of amides is 1. The second-order valence-electron chi connectivity index (χ2n) is 4.56. The number of carbonyl (C=O) groups excluding carboxylic acids is 1. The summed E-state index contributed by atoms with van der Waals surface area (Å²) in [4.78, 5) is 22.3. The van der Waals surface area contributed by atoms with E-state index in [9.17, 15) is 22.8 Å². The number of halogens is 3. The van der Waals surface area contributed by atoms with Crippen molar-refractivity contribution in [2.45, 2.75) is 20.0 Å². The van der Waals surface area contributed by atoms with E-state index in [1.54, 1.807) is 0 Å². The summed E-state index contributed by atoms with van der Waals surface area (Å²) in [5.41, 5.74) is -0.841. The molecule has 1 aliphatic heterocycles. The maximum absolute atomic E-state index is 12.1. The van der Waals surface area contributed by atoms with E-state index in [1.807, 2.05) is 0 Å². The highest BCUT2D eigenvalue weighted by molar-refractivity contribution is 5.83. The van der Waals surface area contributed by atoms with Gasteiger partial charge in [-0.2, -0.15) is 13.2 Å². The van der Waals surface area contributed by atoms with E-state index in [-0.39, 0.29) is 13.1 Å². The zero-order valence-electron chi connectivity index (χ0n) is 8.84. The normalized spacial score (nSPS) is 24.6. The Kier molecular flexibility index (Phi) is 2.91. The van der Waals surface area contributed by atoms with Gasteiger partial charge in [-0.15, -0.1) is 0 Å². The number of alkyl halides is 3. The maximum atomic E-state index is 12.1. The number of aliphatic carboxylic acids is 1. The van der Waals surface area contributed by atoms with Crippen LogP contribution in [0.15, 0.2) is 0 Å². The van der Waals surface area contributed by atoms with Crippen molar-refractivity contribution in [1.29, 1.82) is 0 Å². The molecule has 0 aromatic heterocycles. The molecule has 1 saturated heterocycles. The lowest BCUT2D eigenvalue weighted by molar-refractivity contribution is -0.184. The zero-order valence-corrected chi connectivity index (χ0v) is 8.84. The molecule has 0 aliphatic carbocycles. The van der Waals surface area contributed by atoms with E-state index >= 15 is 0 Å². The van der Waals surface area contributed by atoms with Gasteiger partial charge in [-0.1, -0.05) is 13.8 Å². The minimum atomic E-state index is -4.94. The topological polar surface area (TPSA) is 57.6 Å². The summed E-state index contributed by atoms with van der Waals surface area (Å²) < 4.78 is 36.4. The second kappa shape index (κ2) is 3.64. The molecule has 1 rings (SSSR count). The Morgan fingerprint density at radius 2 is 1.88 bits per heavy atom. The average molecular weight is 239 g/mol. The molecule has 1 heterocycles. The molecular weight excluding hydrogens is 227 g/mol. The quantitative estimate of drug-likeness (QED) is 0.745. The minimum Gasteiger partial charge on any atom is -0.481 e. The molecule has 0 bridgehead atoms. The van der Waals surface area contributed by atoms with Gasteiger partial charge < -0.3 is 10.0 Å². The number of hydrogen-bond acceptors (Lipinski definition) is 2. The van der Waals surface area contributed by atoms with E-state index in [2.05, 4.69) is 0 Å². The molecule has 0 saturated carbocycles. The van der Waals surface area contributed by atoms with E-state index in [4.69, 9.17) is 5.11 Å². The van der Waals surface area contributed by atoms with E-state index in [0.29, 0.717) is 4.90 Å². The van der Waals surface area contributed by atoms with Crippen molar-refractivity contribution in [3.8, 4) is 0 Å². The van der Waals surface area contributed by atoms with E-state index in [0.717, 1.165) is 0 Å². The van der Waals surface area contributed by atoms with Gasteiger partial charge in [-0.3, -0.25) is 9.59 Å². The molecule has 16 heavy (non-hydrogen) atoms. The van der Waals surface area contributed by atoms with Crippen LogP contribution in [-0.2, 0) is 9.59 Å². The molecule has 0 radical (unpaired) electrons. The third-order valence-corrected chi connectivity index (χ3v) is 2.77. The summed E-state index contributed by atoms with van der Waals surface area (Å²) >= 11 is 0. The third kappa shape index (κ3) is 2.28. The fourth-order valence-corrected chi connectivity index (χ4v) is 1.88. The van der Waals surface area contributed by atoms with Gasteiger partial charge in [0.15, 0.2) is 0 Å². The van der Waals surface area contributed by atoms with Crippen LogP contribution in [0.25, 0.3) is 0 Å². The monoisotopic (exact) mass is 239 g/mol. The van der Waals surface area contributed by atoms with Gasteiger partial charge >= 0.3 is 18.1 Å². The molecular formula is C9H12F3NO3. The maximum Gasteiger partial charge on any atom is 0.471 e. The predicted molar refractivity (Wildman–Crippen MR) is 47.5 cm³/mol. The van der Waals surface area contributed by atoms with Crippen molar-refractivity contribution < 1.29 is 27.9 Å². The molecule has 1 N–H and O–H groups in total. The summed E-state index contributed by atoms with van der Waals surface area (Å²) in [6, 6.07) is 0. The SMILES string of the molecule is CC1(C)CN(C(=O)C(F)(F)F)CC1C(=O)O.